The molecule has 1 fully saturated rings. The second kappa shape index (κ2) is 11.5. The van der Waals surface area contributed by atoms with E-state index in [9.17, 15) is 27.2 Å². The second-order valence-corrected chi connectivity index (χ2v) is 12.0. The Morgan fingerprint density at radius 1 is 1.19 bits per heavy atom. The van der Waals surface area contributed by atoms with Crippen molar-refractivity contribution in [2.45, 2.75) is 76.4 Å². The first-order chi connectivity index (χ1) is 19.9. The SMILES string of the molecule is CC1(C)CC(=O)N([C@@H](c2cccnc2)[C@@H]2C[C@H]2C(=O)NC2CC(C)(C)Oc3cccc(F)c32)C(N)=N1.O=C(O)C(F)(F)F. The summed E-state index contributed by atoms with van der Waals surface area (Å²) in [7, 11) is 0. The molecule has 2 amide bonds. The molecule has 5 rings (SSSR count). The number of nitrogens with one attached hydrogen (secondary N) is 1. The summed E-state index contributed by atoms with van der Waals surface area (Å²) in [5.74, 6) is -3.39. The average Bonchev–Trinajstić information content (AvgIpc) is 3.66. The number of aromatic nitrogens is 1. The Labute approximate surface area is 245 Å². The normalized spacial score (nSPS) is 24.3. The number of ether oxygens (including phenoxy) is 1. The summed E-state index contributed by atoms with van der Waals surface area (Å²) in [5, 5.41) is 10.2. The zero-order valence-corrected chi connectivity index (χ0v) is 24.0. The smallest absolute Gasteiger partial charge is 0.487 e. The van der Waals surface area contributed by atoms with Gasteiger partial charge < -0.3 is 20.9 Å². The van der Waals surface area contributed by atoms with Crippen molar-refractivity contribution >= 4 is 23.7 Å². The molecule has 1 aliphatic carbocycles. The molecule has 43 heavy (non-hydrogen) atoms. The van der Waals surface area contributed by atoms with Crippen LogP contribution >= 0.6 is 0 Å². The van der Waals surface area contributed by atoms with Crippen LogP contribution in [0, 0.1) is 17.7 Å². The largest absolute Gasteiger partial charge is 0.490 e. The molecule has 3 heterocycles. The van der Waals surface area contributed by atoms with Crippen LogP contribution in [0.2, 0.25) is 0 Å². The summed E-state index contributed by atoms with van der Waals surface area (Å²) in [6, 6.07) is 7.42. The maximum Gasteiger partial charge on any atom is 0.490 e. The Balaban J connectivity index is 0.000000541. The maximum atomic E-state index is 14.7. The van der Waals surface area contributed by atoms with E-state index in [2.05, 4.69) is 15.3 Å². The van der Waals surface area contributed by atoms with Gasteiger partial charge in [-0.2, -0.15) is 13.2 Å². The van der Waals surface area contributed by atoms with Gasteiger partial charge in [-0.05, 0) is 63.8 Å². The van der Waals surface area contributed by atoms with Gasteiger partial charge in [0.1, 0.15) is 17.2 Å². The lowest BCUT2D eigenvalue weighted by Gasteiger charge is -2.38. The highest BCUT2D eigenvalue weighted by Crippen LogP contribution is 2.51. The van der Waals surface area contributed by atoms with Gasteiger partial charge in [-0.15, -0.1) is 0 Å². The Kier molecular flexibility index (Phi) is 8.44. The van der Waals surface area contributed by atoms with Gasteiger partial charge in [-0.1, -0.05) is 12.1 Å². The van der Waals surface area contributed by atoms with E-state index in [1.165, 1.54) is 11.0 Å². The molecule has 0 saturated heterocycles. The Morgan fingerprint density at radius 2 is 1.86 bits per heavy atom. The highest BCUT2D eigenvalue weighted by Gasteiger charge is 2.53. The number of nitrogens with zero attached hydrogens (tertiary/aromatic N) is 3. The fourth-order valence-corrected chi connectivity index (χ4v) is 5.57. The molecular formula is C29H33F4N5O5. The van der Waals surface area contributed by atoms with Crippen molar-refractivity contribution in [3.8, 4) is 5.75 Å². The van der Waals surface area contributed by atoms with Gasteiger partial charge in [0, 0.05) is 24.7 Å². The molecule has 2 aromatic rings. The molecule has 1 unspecified atom stereocenters. The van der Waals surface area contributed by atoms with Crippen molar-refractivity contribution in [1.29, 1.82) is 0 Å². The lowest BCUT2D eigenvalue weighted by Crippen LogP contribution is -2.52. The number of halogens is 4. The van der Waals surface area contributed by atoms with Gasteiger partial charge >= 0.3 is 12.1 Å². The van der Waals surface area contributed by atoms with Gasteiger partial charge in [-0.3, -0.25) is 19.5 Å². The van der Waals surface area contributed by atoms with Gasteiger partial charge in [0.05, 0.1) is 29.6 Å². The predicted molar refractivity (Wildman–Crippen MR) is 146 cm³/mol. The van der Waals surface area contributed by atoms with Crippen LogP contribution in [0.25, 0.3) is 0 Å². The van der Waals surface area contributed by atoms with Crippen LogP contribution in [0.3, 0.4) is 0 Å². The van der Waals surface area contributed by atoms with Gasteiger partial charge in [-0.25, -0.2) is 14.2 Å². The number of nitrogens with two attached hydrogens (primary N) is 1. The Morgan fingerprint density at radius 3 is 2.44 bits per heavy atom. The van der Waals surface area contributed by atoms with Crippen LogP contribution in [0.1, 0.15) is 70.2 Å². The van der Waals surface area contributed by atoms with E-state index in [1.54, 1.807) is 30.6 Å². The van der Waals surface area contributed by atoms with E-state index in [0.29, 0.717) is 24.2 Å². The molecule has 0 radical (unpaired) electrons. The number of guanidine groups is 1. The molecule has 0 spiro atoms. The van der Waals surface area contributed by atoms with Crippen LogP contribution in [0.4, 0.5) is 17.6 Å². The molecule has 14 heteroatoms. The summed E-state index contributed by atoms with van der Waals surface area (Å²) in [5.41, 5.74) is 6.33. The van der Waals surface area contributed by atoms with Crippen molar-refractivity contribution in [2.24, 2.45) is 22.6 Å². The number of rotatable bonds is 5. The lowest BCUT2D eigenvalue weighted by molar-refractivity contribution is -0.192. The maximum absolute atomic E-state index is 14.7. The molecule has 0 bridgehead atoms. The Hall–Kier alpha value is -4.23. The van der Waals surface area contributed by atoms with Crippen LogP contribution < -0.4 is 15.8 Å². The number of carbonyl (C=O) groups is 3. The molecule has 4 atom stereocenters. The minimum absolute atomic E-state index is 0.130. The number of alkyl halides is 3. The third kappa shape index (κ3) is 7.23. The minimum Gasteiger partial charge on any atom is -0.487 e. The van der Waals surface area contributed by atoms with E-state index in [1.807, 2.05) is 33.8 Å². The number of benzene rings is 1. The van der Waals surface area contributed by atoms with E-state index < -0.39 is 41.2 Å². The summed E-state index contributed by atoms with van der Waals surface area (Å²) >= 11 is 0. The number of carbonyl (C=O) groups excluding carboxylic acids is 2. The molecule has 4 N–H and O–H groups in total. The number of carboxylic acids is 1. The Bertz CT molecular complexity index is 1430. The van der Waals surface area contributed by atoms with E-state index >= 15 is 0 Å². The number of carboxylic acid groups (broad SMARTS) is 1. The van der Waals surface area contributed by atoms with E-state index in [4.69, 9.17) is 20.4 Å². The van der Waals surface area contributed by atoms with Crippen molar-refractivity contribution in [2.75, 3.05) is 0 Å². The average molecular weight is 608 g/mol. The zero-order chi connectivity index (χ0) is 31.9. The summed E-state index contributed by atoms with van der Waals surface area (Å²) < 4.78 is 52.4. The molecule has 10 nitrogen and oxygen atoms in total. The number of aliphatic imine (C=N–C) groups is 1. The number of aliphatic carboxylic acids is 1. The number of amides is 2. The van der Waals surface area contributed by atoms with Crippen molar-refractivity contribution in [1.82, 2.24) is 15.2 Å². The fourth-order valence-electron chi connectivity index (χ4n) is 5.57. The lowest BCUT2D eigenvalue weighted by atomic mass is 9.89. The van der Waals surface area contributed by atoms with Crippen molar-refractivity contribution < 1.29 is 41.8 Å². The summed E-state index contributed by atoms with van der Waals surface area (Å²) in [6.45, 7) is 7.58. The first-order valence-electron chi connectivity index (χ1n) is 13.6. The second-order valence-electron chi connectivity index (χ2n) is 12.0. The fraction of sp³-hybridized carbons (Fsp3) is 0.483. The quantitative estimate of drug-likeness (QED) is 0.430. The minimum atomic E-state index is -5.08. The first-order valence-corrected chi connectivity index (χ1v) is 13.6. The van der Waals surface area contributed by atoms with Crippen LogP contribution in [0.15, 0.2) is 47.7 Å². The van der Waals surface area contributed by atoms with Gasteiger partial charge in [0.15, 0.2) is 5.96 Å². The molecule has 232 valence electrons. The molecule has 1 saturated carbocycles. The van der Waals surface area contributed by atoms with Crippen LogP contribution in [0.5, 0.6) is 5.75 Å². The predicted octanol–water partition coefficient (Wildman–Crippen LogP) is 4.28. The molecule has 1 aromatic heterocycles. The highest BCUT2D eigenvalue weighted by atomic mass is 19.4. The third-order valence-corrected chi connectivity index (χ3v) is 7.41. The third-order valence-electron chi connectivity index (χ3n) is 7.41. The summed E-state index contributed by atoms with van der Waals surface area (Å²) in [6.07, 6.45) is -0.487. The van der Waals surface area contributed by atoms with Gasteiger partial charge in [0.25, 0.3) is 0 Å². The van der Waals surface area contributed by atoms with Crippen LogP contribution in [-0.4, -0.2) is 56.0 Å². The topological polar surface area (TPSA) is 147 Å². The van der Waals surface area contributed by atoms with E-state index in [-0.39, 0.29) is 36.0 Å². The van der Waals surface area contributed by atoms with Crippen LogP contribution in [-0.2, 0) is 14.4 Å². The first kappa shape index (κ1) is 31.7. The monoisotopic (exact) mass is 607 g/mol. The van der Waals surface area contributed by atoms with Crippen molar-refractivity contribution in [3.63, 3.8) is 0 Å². The summed E-state index contributed by atoms with van der Waals surface area (Å²) in [4.78, 5) is 45.8. The highest BCUT2D eigenvalue weighted by molar-refractivity contribution is 5.99. The van der Waals surface area contributed by atoms with Gasteiger partial charge in [0.2, 0.25) is 11.8 Å². The molecule has 3 aliphatic rings. The number of hydrogen-bond acceptors (Lipinski definition) is 7. The number of hydrogen-bond donors (Lipinski definition) is 3. The number of pyridine rings is 1. The molecule has 2 aliphatic heterocycles. The zero-order valence-electron chi connectivity index (χ0n) is 24.0. The molecular weight excluding hydrogens is 574 g/mol. The van der Waals surface area contributed by atoms with Crippen molar-refractivity contribution in [3.05, 3.63) is 59.7 Å². The van der Waals surface area contributed by atoms with E-state index in [0.717, 1.165) is 5.56 Å². The molecule has 1 aromatic carbocycles. The standard InChI is InChI=1S/C27H32FN5O3.C2HF3O2/c1-26(2)13-21(34)33(25(29)32-26)23(15-7-6-10-30-14-15)16-11-17(16)24(35)31-19-12-27(3,4)36-20-9-5-8-18(28)22(19)20;3-2(4,5)1(6)7/h5-10,14,16-17,19,23H,11-13H2,1-4H3,(H2,29,32)(H,31,35);(H,6,7)/t16-,17-,19?,23+;/m1./s1. The number of fused-ring (bicyclic) bond motifs is 1.